The van der Waals surface area contributed by atoms with Gasteiger partial charge in [-0.05, 0) is 45.0 Å². The van der Waals surface area contributed by atoms with Crippen molar-refractivity contribution in [3.63, 3.8) is 0 Å². The third-order valence-corrected chi connectivity index (χ3v) is 2.64. The summed E-state index contributed by atoms with van der Waals surface area (Å²) in [6.45, 7) is 4.78. The zero-order chi connectivity index (χ0) is 13.5. The van der Waals surface area contributed by atoms with E-state index in [1.165, 1.54) is 0 Å². The van der Waals surface area contributed by atoms with E-state index in [-0.39, 0.29) is 12.0 Å². The molecule has 0 bridgehead atoms. The lowest BCUT2D eigenvalue weighted by atomic mass is 10.2. The number of nitrogens with zero attached hydrogens (tertiary/aromatic N) is 1. The van der Waals surface area contributed by atoms with Gasteiger partial charge in [-0.3, -0.25) is 9.69 Å². The minimum absolute atomic E-state index is 0.0336. The molecule has 0 saturated heterocycles. The van der Waals surface area contributed by atoms with Crippen LogP contribution in [0.4, 0.5) is 5.69 Å². The van der Waals surface area contributed by atoms with Crippen LogP contribution in [0.15, 0.2) is 24.3 Å². The van der Waals surface area contributed by atoms with Gasteiger partial charge in [-0.25, -0.2) is 0 Å². The Morgan fingerprint density at radius 2 is 2.22 bits per heavy atom. The molecule has 1 aromatic carbocycles. The number of amides is 1. The lowest BCUT2D eigenvalue weighted by Crippen LogP contribution is -2.32. The molecule has 1 unspecified atom stereocenters. The van der Waals surface area contributed by atoms with E-state index in [9.17, 15) is 9.90 Å². The van der Waals surface area contributed by atoms with Crippen LogP contribution in [-0.2, 0) is 4.79 Å². The molecule has 0 aliphatic carbocycles. The first-order valence-corrected chi connectivity index (χ1v) is 6.20. The lowest BCUT2D eigenvalue weighted by molar-refractivity contribution is -0.117. The number of aliphatic hydroxyl groups is 1. The Kier molecular flexibility index (Phi) is 5.82. The van der Waals surface area contributed by atoms with Gasteiger partial charge < -0.3 is 10.4 Å². The molecule has 1 aromatic rings. The van der Waals surface area contributed by atoms with Crippen molar-refractivity contribution in [1.29, 1.82) is 0 Å². The molecule has 18 heavy (non-hydrogen) atoms. The maximum atomic E-state index is 11.8. The number of hydrogen-bond donors (Lipinski definition) is 2. The molecule has 2 N–H and O–H groups in total. The summed E-state index contributed by atoms with van der Waals surface area (Å²) in [6, 6.07) is 7.72. The molecule has 0 aromatic heterocycles. The van der Waals surface area contributed by atoms with Crippen LogP contribution in [0.5, 0.6) is 0 Å². The summed E-state index contributed by atoms with van der Waals surface area (Å²) < 4.78 is 0. The number of carbonyl (C=O) groups excluding carboxylic acids is 1. The summed E-state index contributed by atoms with van der Waals surface area (Å²) in [7, 11) is 1.87. The molecular formula is C14H22N2O2. The van der Waals surface area contributed by atoms with Crippen molar-refractivity contribution in [3.8, 4) is 0 Å². The molecule has 0 saturated carbocycles. The van der Waals surface area contributed by atoms with Crippen LogP contribution in [0.3, 0.4) is 0 Å². The Labute approximate surface area is 109 Å². The van der Waals surface area contributed by atoms with Crippen LogP contribution < -0.4 is 5.32 Å². The van der Waals surface area contributed by atoms with Crippen molar-refractivity contribution in [2.75, 3.05) is 25.5 Å². The molecule has 0 heterocycles. The summed E-state index contributed by atoms with van der Waals surface area (Å²) in [5.41, 5.74) is 1.94. The first-order valence-electron chi connectivity index (χ1n) is 6.20. The Balaban J connectivity index is 2.37. The average molecular weight is 250 g/mol. The topological polar surface area (TPSA) is 52.6 Å². The van der Waals surface area contributed by atoms with Crippen molar-refractivity contribution >= 4 is 11.6 Å². The van der Waals surface area contributed by atoms with Gasteiger partial charge in [0.15, 0.2) is 0 Å². The Bertz CT molecular complexity index is 391. The second-order valence-electron chi connectivity index (χ2n) is 4.79. The molecule has 4 nitrogen and oxygen atoms in total. The number of likely N-dealkylation sites (N-methyl/N-ethyl adjacent to an activating group) is 1. The minimum atomic E-state index is -0.327. The van der Waals surface area contributed by atoms with Crippen LogP contribution in [-0.4, -0.2) is 42.2 Å². The van der Waals surface area contributed by atoms with Gasteiger partial charge in [0.2, 0.25) is 5.91 Å². The SMILES string of the molecule is Cc1cccc(NC(=O)CN(C)CCC(C)O)c1. The quantitative estimate of drug-likeness (QED) is 0.807. The highest BCUT2D eigenvalue weighted by Crippen LogP contribution is 2.09. The Morgan fingerprint density at radius 3 is 2.83 bits per heavy atom. The lowest BCUT2D eigenvalue weighted by Gasteiger charge is -2.17. The van der Waals surface area contributed by atoms with Crippen molar-refractivity contribution in [2.24, 2.45) is 0 Å². The number of nitrogens with one attached hydrogen (secondary N) is 1. The standard InChI is InChI=1S/C14H22N2O2/c1-11-5-4-6-13(9-11)15-14(18)10-16(3)8-7-12(2)17/h4-6,9,12,17H,7-8,10H2,1-3H3,(H,15,18). The highest BCUT2D eigenvalue weighted by Gasteiger charge is 2.07. The van der Waals surface area contributed by atoms with Crippen molar-refractivity contribution in [2.45, 2.75) is 26.4 Å². The van der Waals surface area contributed by atoms with E-state index in [4.69, 9.17) is 0 Å². The first-order chi connectivity index (χ1) is 8.47. The molecule has 4 heteroatoms. The van der Waals surface area contributed by atoms with Crippen LogP contribution in [0, 0.1) is 6.92 Å². The molecule has 1 amide bonds. The number of benzene rings is 1. The highest BCUT2D eigenvalue weighted by molar-refractivity contribution is 5.92. The number of anilines is 1. The van der Waals surface area contributed by atoms with Gasteiger partial charge >= 0.3 is 0 Å². The molecule has 100 valence electrons. The average Bonchev–Trinajstić information content (AvgIpc) is 2.26. The largest absolute Gasteiger partial charge is 0.393 e. The second-order valence-corrected chi connectivity index (χ2v) is 4.79. The Morgan fingerprint density at radius 1 is 1.50 bits per heavy atom. The maximum absolute atomic E-state index is 11.8. The van der Waals surface area contributed by atoms with Crippen LogP contribution in [0.2, 0.25) is 0 Å². The molecule has 0 radical (unpaired) electrons. The van der Waals surface area contributed by atoms with E-state index < -0.39 is 0 Å². The Hall–Kier alpha value is -1.39. The van der Waals surface area contributed by atoms with E-state index in [2.05, 4.69) is 5.32 Å². The van der Waals surface area contributed by atoms with Crippen molar-refractivity contribution < 1.29 is 9.90 Å². The predicted molar refractivity (Wildman–Crippen MR) is 73.6 cm³/mol. The smallest absolute Gasteiger partial charge is 0.238 e. The third-order valence-electron chi connectivity index (χ3n) is 2.64. The number of rotatable bonds is 6. The van der Waals surface area contributed by atoms with Crippen molar-refractivity contribution in [3.05, 3.63) is 29.8 Å². The molecule has 0 fully saturated rings. The molecule has 0 aliphatic rings. The summed E-state index contributed by atoms with van der Waals surface area (Å²) >= 11 is 0. The van der Waals surface area contributed by atoms with E-state index in [0.29, 0.717) is 19.5 Å². The molecular weight excluding hydrogens is 228 g/mol. The van der Waals surface area contributed by atoms with Crippen LogP contribution in [0.1, 0.15) is 18.9 Å². The molecule has 0 spiro atoms. The van der Waals surface area contributed by atoms with Gasteiger partial charge in [-0.1, -0.05) is 12.1 Å². The number of aryl methyl sites for hydroxylation is 1. The van der Waals surface area contributed by atoms with Crippen LogP contribution >= 0.6 is 0 Å². The van der Waals surface area contributed by atoms with Gasteiger partial charge in [0, 0.05) is 12.2 Å². The normalized spacial score (nSPS) is 12.5. The predicted octanol–water partition coefficient (Wildman–Crippen LogP) is 1.64. The molecule has 1 rings (SSSR count). The maximum Gasteiger partial charge on any atom is 0.238 e. The van der Waals surface area contributed by atoms with Gasteiger partial charge in [0.05, 0.1) is 12.6 Å². The summed E-state index contributed by atoms with van der Waals surface area (Å²) in [5.74, 6) is -0.0336. The monoisotopic (exact) mass is 250 g/mol. The third kappa shape index (κ3) is 5.80. The van der Waals surface area contributed by atoms with E-state index in [1.807, 2.05) is 43.1 Å². The molecule has 1 atom stereocenters. The van der Waals surface area contributed by atoms with Gasteiger partial charge in [-0.15, -0.1) is 0 Å². The number of carbonyl (C=O) groups is 1. The second kappa shape index (κ2) is 7.13. The first kappa shape index (κ1) is 14.7. The van der Waals surface area contributed by atoms with E-state index in [0.717, 1.165) is 11.3 Å². The fourth-order valence-electron chi connectivity index (χ4n) is 1.65. The summed E-state index contributed by atoms with van der Waals surface area (Å²) in [6.07, 6.45) is 0.348. The minimum Gasteiger partial charge on any atom is -0.393 e. The van der Waals surface area contributed by atoms with Gasteiger partial charge in [0.1, 0.15) is 0 Å². The number of aliphatic hydroxyl groups excluding tert-OH is 1. The summed E-state index contributed by atoms with van der Waals surface area (Å²) in [4.78, 5) is 13.7. The van der Waals surface area contributed by atoms with Gasteiger partial charge in [0.25, 0.3) is 0 Å². The highest BCUT2D eigenvalue weighted by atomic mass is 16.3. The zero-order valence-corrected chi connectivity index (χ0v) is 11.3. The number of hydrogen-bond acceptors (Lipinski definition) is 3. The zero-order valence-electron chi connectivity index (χ0n) is 11.3. The summed E-state index contributed by atoms with van der Waals surface area (Å²) in [5, 5.41) is 12.0. The van der Waals surface area contributed by atoms with Gasteiger partial charge in [-0.2, -0.15) is 0 Å². The van der Waals surface area contributed by atoms with Crippen molar-refractivity contribution in [1.82, 2.24) is 4.90 Å². The fourth-order valence-corrected chi connectivity index (χ4v) is 1.65. The van der Waals surface area contributed by atoms with E-state index >= 15 is 0 Å². The fraction of sp³-hybridized carbons (Fsp3) is 0.500. The van der Waals surface area contributed by atoms with E-state index in [1.54, 1.807) is 6.92 Å². The molecule has 0 aliphatic heterocycles. The van der Waals surface area contributed by atoms with Crippen LogP contribution in [0.25, 0.3) is 0 Å².